The Morgan fingerprint density at radius 3 is 2.79 bits per heavy atom. The molecule has 2 N–H and O–H groups in total. The molecule has 0 radical (unpaired) electrons. The molecular formula is C13H19N. The van der Waals surface area contributed by atoms with E-state index in [0.29, 0.717) is 0 Å². The summed E-state index contributed by atoms with van der Waals surface area (Å²) in [6.45, 7) is 2.07. The number of hydrogen-bond acceptors (Lipinski definition) is 1. The molecule has 1 aliphatic rings. The van der Waals surface area contributed by atoms with Gasteiger partial charge < -0.3 is 5.73 Å². The van der Waals surface area contributed by atoms with Crippen molar-refractivity contribution in [2.45, 2.75) is 44.6 Å². The van der Waals surface area contributed by atoms with Crippen LogP contribution in [-0.2, 0) is 6.42 Å². The van der Waals surface area contributed by atoms with E-state index in [2.05, 4.69) is 31.2 Å². The summed E-state index contributed by atoms with van der Waals surface area (Å²) < 4.78 is 0. The van der Waals surface area contributed by atoms with Crippen LogP contribution in [0.15, 0.2) is 24.3 Å². The molecular weight excluding hydrogens is 170 g/mol. The molecule has 0 amide bonds. The molecule has 1 nitrogen and oxygen atoms in total. The normalized spacial score (nSPS) is 19.0. The highest BCUT2D eigenvalue weighted by Gasteiger charge is 2.19. The van der Waals surface area contributed by atoms with Crippen LogP contribution in [0, 0.1) is 0 Å². The average molecular weight is 189 g/mol. The largest absolute Gasteiger partial charge is 0.328 e. The highest BCUT2D eigenvalue weighted by molar-refractivity contribution is 5.28. The summed E-state index contributed by atoms with van der Waals surface area (Å²) in [5, 5.41) is 0. The van der Waals surface area contributed by atoms with Gasteiger partial charge in [-0.1, -0.05) is 30.7 Å². The topological polar surface area (TPSA) is 26.0 Å². The van der Waals surface area contributed by atoms with Gasteiger partial charge in [0, 0.05) is 6.04 Å². The van der Waals surface area contributed by atoms with Crippen molar-refractivity contribution >= 4 is 0 Å². The molecule has 0 heterocycles. The van der Waals surface area contributed by atoms with E-state index in [9.17, 15) is 0 Å². The van der Waals surface area contributed by atoms with Gasteiger partial charge >= 0.3 is 0 Å². The van der Waals surface area contributed by atoms with Crippen LogP contribution in [0.3, 0.4) is 0 Å². The lowest BCUT2D eigenvalue weighted by Gasteiger charge is -2.26. The lowest BCUT2D eigenvalue weighted by molar-refractivity contribution is 0.419. The maximum Gasteiger partial charge on any atom is 0.00509 e. The van der Waals surface area contributed by atoms with Gasteiger partial charge in [-0.2, -0.15) is 0 Å². The number of hydrogen-bond donors (Lipinski definition) is 1. The fraction of sp³-hybridized carbons (Fsp3) is 0.538. The van der Waals surface area contributed by atoms with Crippen LogP contribution >= 0.6 is 0 Å². The number of benzene rings is 1. The Kier molecular flexibility index (Phi) is 2.87. The first-order valence-electron chi connectivity index (χ1n) is 5.60. The molecule has 0 spiro atoms. The second-order valence-corrected chi connectivity index (χ2v) is 4.55. The molecule has 1 aromatic rings. The Hall–Kier alpha value is -0.820. The number of rotatable bonds is 3. The summed E-state index contributed by atoms with van der Waals surface area (Å²) in [6.07, 6.45) is 5.16. The van der Waals surface area contributed by atoms with E-state index < -0.39 is 0 Å². The molecule has 0 bridgehead atoms. The fourth-order valence-corrected chi connectivity index (χ4v) is 2.09. The van der Waals surface area contributed by atoms with E-state index in [-0.39, 0.29) is 6.04 Å². The highest BCUT2D eigenvalue weighted by Crippen LogP contribution is 2.36. The van der Waals surface area contributed by atoms with Gasteiger partial charge in [-0.15, -0.1) is 0 Å². The zero-order chi connectivity index (χ0) is 9.97. The smallest absolute Gasteiger partial charge is 0.00509 e. The van der Waals surface area contributed by atoms with Crippen molar-refractivity contribution in [3.8, 4) is 0 Å². The Morgan fingerprint density at radius 2 is 2.21 bits per heavy atom. The summed E-state index contributed by atoms with van der Waals surface area (Å²) in [5.74, 6) is 0.836. The number of nitrogens with two attached hydrogens (primary N) is 1. The van der Waals surface area contributed by atoms with Crippen LogP contribution in [0.25, 0.3) is 0 Å². The molecule has 1 aromatic carbocycles. The molecule has 1 heteroatoms. The first kappa shape index (κ1) is 9.72. The summed E-state index contributed by atoms with van der Waals surface area (Å²) in [6, 6.07) is 9.23. The van der Waals surface area contributed by atoms with Gasteiger partial charge in [-0.25, -0.2) is 0 Å². The van der Waals surface area contributed by atoms with E-state index in [1.54, 1.807) is 0 Å². The molecule has 0 saturated heterocycles. The van der Waals surface area contributed by atoms with Crippen LogP contribution in [0.2, 0.25) is 0 Å². The third-order valence-corrected chi connectivity index (χ3v) is 3.09. The Balaban J connectivity index is 2.09. The van der Waals surface area contributed by atoms with E-state index >= 15 is 0 Å². The van der Waals surface area contributed by atoms with Crippen molar-refractivity contribution in [1.29, 1.82) is 0 Å². The molecule has 0 aromatic heterocycles. The Bertz CT molecular complexity index is 300. The lowest BCUT2D eigenvalue weighted by atomic mass is 9.79. The van der Waals surface area contributed by atoms with Crippen LogP contribution in [0.5, 0.6) is 0 Å². The zero-order valence-electron chi connectivity index (χ0n) is 8.87. The van der Waals surface area contributed by atoms with Crippen LogP contribution < -0.4 is 5.73 Å². The molecule has 1 atom stereocenters. The van der Waals surface area contributed by atoms with Gasteiger partial charge in [0.1, 0.15) is 0 Å². The monoisotopic (exact) mass is 189 g/mol. The molecule has 0 aliphatic heterocycles. The van der Waals surface area contributed by atoms with Gasteiger partial charge in [0.25, 0.3) is 0 Å². The van der Waals surface area contributed by atoms with E-state index in [0.717, 1.165) is 12.3 Å². The predicted octanol–water partition coefficient (Wildman–Crippen LogP) is 2.84. The predicted molar refractivity (Wildman–Crippen MR) is 60.4 cm³/mol. The van der Waals surface area contributed by atoms with Crippen molar-refractivity contribution in [2.75, 3.05) is 0 Å². The molecule has 1 unspecified atom stereocenters. The fourth-order valence-electron chi connectivity index (χ4n) is 2.09. The lowest BCUT2D eigenvalue weighted by Crippen LogP contribution is -2.18. The van der Waals surface area contributed by atoms with Gasteiger partial charge in [0.05, 0.1) is 0 Å². The summed E-state index contributed by atoms with van der Waals surface area (Å²) in [5.41, 5.74) is 8.71. The highest BCUT2D eigenvalue weighted by atomic mass is 14.6. The van der Waals surface area contributed by atoms with Crippen molar-refractivity contribution in [1.82, 2.24) is 0 Å². The van der Waals surface area contributed by atoms with Gasteiger partial charge in [-0.3, -0.25) is 0 Å². The molecule has 2 rings (SSSR count). The molecule has 14 heavy (non-hydrogen) atoms. The summed E-state index contributed by atoms with van der Waals surface area (Å²) >= 11 is 0. The third-order valence-electron chi connectivity index (χ3n) is 3.09. The van der Waals surface area contributed by atoms with E-state index in [1.807, 2.05) is 0 Å². The second-order valence-electron chi connectivity index (χ2n) is 4.55. The minimum absolute atomic E-state index is 0.270. The maximum absolute atomic E-state index is 5.80. The van der Waals surface area contributed by atoms with Crippen molar-refractivity contribution in [2.24, 2.45) is 5.73 Å². The Morgan fingerprint density at radius 1 is 1.43 bits per heavy atom. The van der Waals surface area contributed by atoms with Gasteiger partial charge in [0.2, 0.25) is 0 Å². The first-order chi connectivity index (χ1) is 6.75. The van der Waals surface area contributed by atoms with Crippen LogP contribution in [0.1, 0.15) is 43.2 Å². The standard InChI is InChI=1S/C13H19N/c1-10(14)8-11-4-2-7-13(9-11)12-5-3-6-12/h2,4,7,9-10,12H,3,5-6,8,14H2,1H3. The first-order valence-corrected chi connectivity index (χ1v) is 5.60. The molecule has 1 fully saturated rings. The summed E-state index contributed by atoms with van der Waals surface area (Å²) in [7, 11) is 0. The minimum atomic E-state index is 0.270. The van der Waals surface area contributed by atoms with Gasteiger partial charge in [-0.05, 0) is 43.2 Å². The second kappa shape index (κ2) is 4.14. The maximum atomic E-state index is 5.80. The van der Waals surface area contributed by atoms with Crippen molar-refractivity contribution in [3.63, 3.8) is 0 Å². The SMILES string of the molecule is CC(N)Cc1cccc(C2CCC2)c1. The average Bonchev–Trinajstić information content (AvgIpc) is 1.99. The van der Waals surface area contributed by atoms with Crippen molar-refractivity contribution in [3.05, 3.63) is 35.4 Å². The Labute approximate surface area is 86.3 Å². The van der Waals surface area contributed by atoms with Crippen LogP contribution in [0.4, 0.5) is 0 Å². The zero-order valence-corrected chi connectivity index (χ0v) is 8.87. The molecule has 76 valence electrons. The van der Waals surface area contributed by atoms with Gasteiger partial charge in [0.15, 0.2) is 0 Å². The minimum Gasteiger partial charge on any atom is -0.328 e. The van der Waals surface area contributed by atoms with Crippen LogP contribution in [-0.4, -0.2) is 6.04 Å². The third kappa shape index (κ3) is 2.16. The van der Waals surface area contributed by atoms with Crippen molar-refractivity contribution < 1.29 is 0 Å². The van der Waals surface area contributed by atoms with E-state index in [4.69, 9.17) is 5.73 Å². The molecule has 1 saturated carbocycles. The summed E-state index contributed by atoms with van der Waals surface area (Å²) in [4.78, 5) is 0. The van der Waals surface area contributed by atoms with E-state index in [1.165, 1.54) is 30.4 Å². The quantitative estimate of drug-likeness (QED) is 0.777. The molecule has 1 aliphatic carbocycles.